The monoisotopic (exact) mass is 277 g/mol. The molecule has 0 spiro atoms. The maximum absolute atomic E-state index is 11.3. The lowest BCUT2D eigenvalue weighted by atomic mass is 9.95. The van der Waals surface area contributed by atoms with Gasteiger partial charge in [0.05, 0.1) is 6.61 Å². The molecule has 20 heavy (non-hydrogen) atoms. The van der Waals surface area contributed by atoms with E-state index in [4.69, 9.17) is 10.5 Å². The average molecular weight is 277 g/mol. The number of benzene rings is 1. The summed E-state index contributed by atoms with van der Waals surface area (Å²) in [6, 6.07) is 6.51. The Morgan fingerprint density at radius 2 is 1.90 bits per heavy atom. The van der Waals surface area contributed by atoms with Crippen LogP contribution in [0, 0.1) is 0 Å². The van der Waals surface area contributed by atoms with Gasteiger partial charge in [-0.05, 0) is 49.3 Å². The van der Waals surface area contributed by atoms with Gasteiger partial charge >= 0.3 is 5.97 Å². The molecule has 0 saturated carbocycles. The number of hydrogen-bond donors (Lipinski definition) is 1. The fourth-order valence-electron chi connectivity index (χ4n) is 2.42. The highest BCUT2D eigenvalue weighted by Gasteiger charge is 2.10. The van der Waals surface area contributed by atoms with E-state index in [0.29, 0.717) is 13.0 Å². The lowest BCUT2D eigenvalue weighted by molar-refractivity contribution is -0.143. The van der Waals surface area contributed by atoms with Crippen molar-refractivity contribution in [1.82, 2.24) is 0 Å². The molecule has 1 aromatic carbocycles. The van der Waals surface area contributed by atoms with E-state index in [1.807, 2.05) is 6.92 Å². The van der Waals surface area contributed by atoms with Crippen molar-refractivity contribution in [3.05, 3.63) is 34.9 Å². The summed E-state index contributed by atoms with van der Waals surface area (Å²) in [5, 5.41) is 0. The second-order valence-corrected chi connectivity index (χ2v) is 5.04. The molecule has 0 aliphatic carbocycles. The topological polar surface area (TPSA) is 52.3 Å². The molecule has 0 fully saturated rings. The molecule has 0 radical (unpaired) electrons. The molecule has 0 aromatic heterocycles. The maximum atomic E-state index is 11.3. The lowest BCUT2D eigenvalue weighted by Crippen LogP contribution is -2.12. The molecule has 0 aliphatic heterocycles. The van der Waals surface area contributed by atoms with Crippen molar-refractivity contribution < 1.29 is 9.53 Å². The van der Waals surface area contributed by atoms with E-state index < -0.39 is 0 Å². The minimum atomic E-state index is -0.129. The number of esters is 1. The summed E-state index contributed by atoms with van der Waals surface area (Å²) >= 11 is 0. The molecular formula is C17H27NO2. The molecule has 1 unspecified atom stereocenters. The van der Waals surface area contributed by atoms with Gasteiger partial charge in [-0.25, -0.2) is 0 Å². The normalized spacial score (nSPS) is 12.2. The van der Waals surface area contributed by atoms with Gasteiger partial charge in [0.2, 0.25) is 0 Å². The van der Waals surface area contributed by atoms with E-state index in [0.717, 1.165) is 25.7 Å². The average Bonchev–Trinajstić information content (AvgIpc) is 2.46. The number of aryl methyl sites for hydroxylation is 2. The van der Waals surface area contributed by atoms with Crippen molar-refractivity contribution in [3.63, 3.8) is 0 Å². The van der Waals surface area contributed by atoms with E-state index >= 15 is 0 Å². The van der Waals surface area contributed by atoms with Crippen molar-refractivity contribution >= 4 is 5.97 Å². The highest BCUT2D eigenvalue weighted by Crippen LogP contribution is 2.21. The van der Waals surface area contributed by atoms with E-state index in [1.165, 1.54) is 16.7 Å². The number of rotatable bonds is 8. The molecule has 0 amide bonds. The van der Waals surface area contributed by atoms with Gasteiger partial charge < -0.3 is 10.5 Å². The summed E-state index contributed by atoms with van der Waals surface area (Å²) in [6.45, 7) is 6.62. The summed E-state index contributed by atoms with van der Waals surface area (Å²) in [7, 11) is 0. The first-order chi connectivity index (χ1) is 9.62. The molecule has 1 aromatic rings. The fraction of sp³-hybridized carbons (Fsp3) is 0.588. The van der Waals surface area contributed by atoms with E-state index in [9.17, 15) is 4.79 Å². The largest absolute Gasteiger partial charge is 0.466 e. The Hall–Kier alpha value is -1.35. The summed E-state index contributed by atoms with van der Waals surface area (Å²) in [6.07, 6.45) is 4.13. The summed E-state index contributed by atoms with van der Waals surface area (Å²) < 4.78 is 4.92. The van der Waals surface area contributed by atoms with Crippen LogP contribution in [0.5, 0.6) is 0 Å². The molecule has 0 saturated heterocycles. The van der Waals surface area contributed by atoms with Crippen LogP contribution in [0.4, 0.5) is 0 Å². The fourth-order valence-corrected chi connectivity index (χ4v) is 2.42. The molecule has 112 valence electrons. The number of carbonyl (C=O) groups excluding carboxylic acids is 1. The van der Waals surface area contributed by atoms with Crippen LogP contribution in [0.15, 0.2) is 18.2 Å². The quantitative estimate of drug-likeness (QED) is 0.739. The van der Waals surface area contributed by atoms with Crippen LogP contribution in [0.1, 0.15) is 62.8 Å². The smallest absolute Gasteiger partial charge is 0.305 e. The Bertz CT molecular complexity index is 429. The second-order valence-electron chi connectivity index (χ2n) is 5.04. The Kier molecular flexibility index (Phi) is 7.31. The van der Waals surface area contributed by atoms with E-state index in [-0.39, 0.29) is 12.0 Å². The predicted octanol–water partition coefficient (Wildman–Crippen LogP) is 3.54. The third-order valence-corrected chi connectivity index (χ3v) is 3.62. The highest BCUT2D eigenvalue weighted by atomic mass is 16.5. The van der Waals surface area contributed by atoms with Crippen molar-refractivity contribution in [3.8, 4) is 0 Å². The summed E-state index contributed by atoms with van der Waals surface area (Å²) in [5.74, 6) is -0.129. The minimum Gasteiger partial charge on any atom is -0.466 e. The van der Waals surface area contributed by atoms with E-state index in [1.54, 1.807) is 0 Å². The van der Waals surface area contributed by atoms with E-state index in [2.05, 4.69) is 32.0 Å². The van der Waals surface area contributed by atoms with Crippen LogP contribution in [0.25, 0.3) is 0 Å². The van der Waals surface area contributed by atoms with Gasteiger partial charge in [0.1, 0.15) is 0 Å². The Labute approximate surface area is 122 Å². The van der Waals surface area contributed by atoms with Gasteiger partial charge in [-0.3, -0.25) is 4.79 Å². The molecule has 2 N–H and O–H groups in total. The number of carbonyl (C=O) groups is 1. The Morgan fingerprint density at radius 1 is 1.20 bits per heavy atom. The van der Waals surface area contributed by atoms with Crippen molar-refractivity contribution in [2.45, 2.75) is 58.9 Å². The minimum absolute atomic E-state index is 0.000586. The van der Waals surface area contributed by atoms with Crippen molar-refractivity contribution in [2.24, 2.45) is 5.73 Å². The van der Waals surface area contributed by atoms with Gasteiger partial charge in [0.15, 0.2) is 0 Å². The van der Waals surface area contributed by atoms with Gasteiger partial charge in [-0.2, -0.15) is 0 Å². The summed E-state index contributed by atoms with van der Waals surface area (Å²) in [4.78, 5) is 11.3. The highest BCUT2D eigenvalue weighted by molar-refractivity contribution is 5.69. The zero-order chi connectivity index (χ0) is 15.0. The molecule has 1 rings (SSSR count). The Balaban J connectivity index is 2.55. The third kappa shape index (κ3) is 4.97. The van der Waals surface area contributed by atoms with Crippen molar-refractivity contribution in [1.29, 1.82) is 0 Å². The van der Waals surface area contributed by atoms with Crippen LogP contribution in [-0.4, -0.2) is 12.6 Å². The van der Waals surface area contributed by atoms with Crippen LogP contribution in [0.2, 0.25) is 0 Å². The third-order valence-electron chi connectivity index (χ3n) is 3.62. The van der Waals surface area contributed by atoms with Crippen LogP contribution in [0.3, 0.4) is 0 Å². The predicted molar refractivity (Wildman–Crippen MR) is 82.6 cm³/mol. The molecule has 3 nitrogen and oxygen atoms in total. The van der Waals surface area contributed by atoms with Crippen LogP contribution in [-0.2, 0) is 22.4 Å². The van der Waals surface area contributed by atoms with Crippen molar-refractivity contribution in [2.75, 3.05) is 6.61 Å². The standard InChI is InChI=1S/C17H27NO2/c1-4-13-10-11-15(12-14(13)5-2)16(18)8-7-9-17(19)20-6-3/h10-12,16H,4-9,18H2,1-3H3. The summed E-state index contributed by atoms with van der Waals surface area (Å²) in [5.41, 5.74) is 10.2. The SMILES string of the molecule is CCOC(=O)CCCC(N)c1ccc(CC)c(CC)c1. The zero-order valence-corrected chi connectivity index (χ0v) is 12.9. The van der Waals surface area contributed by atoms with Crippen LogP contribution < -0.4 is 5.73 Å². The van der Waals surface area contributed by atoms with Crippen LogP contribution >= 0.6 is 0 Å². The van der Waals surface area contributed by atoms with Gasteiger partial charge in [0, 0.05) is 12.5 Å². The van der Waals surface area contributed by atoms with Gasteiger partial charge in [-0.1, -0.05) is 32.0 Å². The number of nitrogens with two attached hydrogens (primary N) is 1. The van der Waals surface area contributed by atoms with Gasteiger partial charge in [0.25, 0.3) is 0 Å². The van der Waals surface area contributed by atoms with Gasteiger partial charge in [-0.15, -0.1) is 0 Å². The molecule has 1 atom stereocenters. The Morgan fingerprint density at radius 3 is 2.50 bits per heavy atom. The molecule has 0 heterocycles. The molecule has 3 heteroatoms. The zero-order valence-electron chi connectivity index (χ0n) is 12.9. The maximum Gasteiger partial charge on any atom is 0.305 e. The second kappa shape index (κ2) is 8.75. The first kappa shape index (κ1) is 16.7. The first-order valence-corrected chi connectivity index (χ1v) is 7.65. The number of ether oxygens (including phenoxy) is 1. The lowest BCUT2D eigenvalue weighted by Gasteiger charge is -2.15. The molecule has 0 bridgehead atoms. The molecule has 0 aliphatic rings. The molecular weight excluding hydrogens is 250 g/mol. The number of hydrogen-bond acceptors (Lipinski definition) is 3. The first-order valence-electron chi connectivity index (χ1n) is 7.65.